The molecule has 1 fully saturated rings. The predicted octanol–water partition coefficient (Wildman–Crippen LogP) is 2.15. The van der Waals surface area contributed by atoms with Crippen LogP contribution in [0.15, 0.2) is 65.5 Å². The van der Waals surface area contributed by atoms with Gasteiger partial charge in [-0.3, -0.25) is 9.58 Å². The van der Waals surface area contributed by atoms with Crippen molar-refractivity contribution in [3.63, 3.8) is 0 Å². The number of likely N-dealkylation sites (tertiary alicyclic amines) is 1. The zero-order chi connectivity index (χ0) is 17.1. The van der Waals surface area contributed by atoms with E-state index in [1.165, 1.54) is 5.56 Å². The molecule has 0 saturated carbocycles. The summed E-state index contributed by atoms with van der Waals surface area (Å²) in [5.41, 5.74) is 1.18. The van der Waals surface area contributed by atoms with Gasteiger partial charge < -0.3 is 14.3 Å². The second kappa shape index (κ2) is 7.13. The summed E-state index contributed by atoms with van der Waals surface area (Å²) in [5.74, 6) is 1.57. The van der Waals surface area contributed by atoms with Gasteiger partial charge in [0, 0.05) is 13.1 Å². The highest BCUT2D eigenvalue weighted by molar-refractivity contribution is 5.18. The molecule has 0 unspecified atom stereocenters. The summed E-state index contributed by atoms with van der Waals surface area (Å²) in [4.78, 5) is 2.13. The quantitative estimate of drug-likeness (QED) is 0.745. The summed E-state index contributed by atoms with van der Waals surface area (Å²) < 4.78 is 13.2. The first-order chi connectivity index (χ1) is 12.3. The smallest absolute Gasteiger partial charge is 0.157 e. The molecule has 1 aliphatic rings. The van der Waals surface area contributed by atoms with E-state index in [1.807, 2.05) is 41.2 Å². The molecule has 130 valence electrons. The second-order valence-corrected chi connectivity index (χ2v) is 6.36. The number of aliphatic hydroxyl groups is 1. The monoisotopic (exact) mass is 339 g/mol. The molecule has 1 saturated heterocycles. The highest BCUT2D eigenvalue weighted by atomic mass is 16.5. The van der Waals surface area contributed by atoms with Crippen LogP contribution in [0, 0.1) is 0 Å². The molecular weight excluding hydrogens is 318 g/mol. The van der Waals surface area contributed by atoms with Gasteiger partial charge in [-0.05, 0) is 17.7 Å². The third-order valence-corrected chi connectivity index (χ3v) is 4.36. The highest BCUT2D eigenvalue weighted by Gasteiger charge is 2.33. The molecule has 3 heterocycles. The Labute approximate surface area is 146 Å². The van der Waals surface area contributed by atoms with Crippen LogP contribution in [0.2, 0.25) is 0 Å². The van der Waals surface area contributed by atoms with Gasteiger partial charge in [0.2, 0.25) is 0 Å². The molecule has 1 N–H and O–H groups in total. The van der Waals surface area contributed by atoms with Crippen molar-refractivity contribution < 1.29 is 14.3 Å². The lowest BCUT2D eigenvalue weighted by molar-refractivity contribution is 0.0736. The van der Waals surface area contributed by atoms with Crippen molar-refractivity contribution in [2.75, 3.05) is 13.1 Å². The SMILES string of the molecule is O[C@@H]1CN(Cc2ccco2)C[C@H]1Oc1cnn(Cc2ccccc2)c1. The number of β-amino-alcohol motifs (C(OH)–C–C–N with tert-alkyl or cyclic N) is 1. The first-order valence-electron chi connectivity index (χ1n) is 8.42. The molecular formula is C19H21N3O3. The normalized spacial score (nSPS) is 20.8. The molecule has 25 heavy (non-hydrogen) atoms. The fourth-order valence-corrected chi connectivity index (χ4v) is 3.14. The zero-order valence-electron chi connectivity index (χ0n) is 13.9. The van der Waals surface area contributed by atoms with Gasteiger partial charge in [0.05, 0.1) is 31.7 Å². The van der Waals surface area contributed by atoms with E-state index in [1.54, 1.807) is 12.5 Å². The third kappa shape index (κ3) is 3.92. The summed E-state index contributed by atoms with van der Waals surface area (Å²) in [6.45, 7) is 2.61. The minimum Gasteiger partial charge on any atom is -0.483 e. The summed E-state index contributed by atoms with van der Waals surface area (Å²) in [6, 6.07) is 14.0. The topological polar surface area (TPSA) is 63.7 Å². The third-order valence-electron chi connectivity index (χ3n) is 4.36. The molecule has 4 rings (SSSR count). The predicted molar refractivity (Wildman–Crippen MR) is 92.2 cm³/mol. The van der Waals surface area contributed by atoms with Gasteiger partial charge >= 0.3 is 0 Å². The number of hydrogen-bond donors (Lipinski definition) is 1. The molecule has 6 nitrogen and oxygen atoms in total. The number of benzene rings is 1. The van der Waals surface area contributed by atoms with Crippen LogP contribution in [0.3, 0.4) is 0 Å². The Hall–Kier alpha value is -2.57. The zero-order valence-corrected chi connectivity index (χ0v) is 13.9. The minimum absolute atomic E-state index is 0.260. The van der Waals surface area contributed by atoms with Gasteiger partial charge in [0.1, 0.15) is 18.0 Å². The Morgan fingerprint density at radius 2 is 2.00 bits per heavy atom. The van der Waals surface area contributed by atoms with Gasteiger partial charge in [-0.15, -0.1) is 0 Å². The van der Waals surface area contributed by atoms with Crippen molar-refractivity contribution in [1.82, 2.24) is 14.7 Å². The largest absolute Gasteiger partial charge is 0.483 e. The molecule has 3 aromatic rings. The first kappa shape index (κ1) is 15.9. The minimum atomic E-state index is -0.521. The number of hydrogen-bond acceptors (Lipinski definition) is 5. The van der Waals surface area contributed by atoms with Crippen molar-refractivity contribution in [3.8, 4) is 5.75 Å². The van der Waals surface area contributed by atoms with Gasteiger partial charge in [0.25, 0.3) is 0 Å². The van der Waals surface area contributed by atoms with Crippen LogP contribution in [0.25, 0.3) is 0 Å². The maximum atomic E-state index is 10.3. The number of rotatable bonds is 6. The Balaban J connectivity index is 1.34. The van der Waals surface area contributed by atoms with Crippen molar-refractivity contribution in [1.29, 1.82) is 0 Å². The Morgan fingerprint density at radius 3 is 2.80 bits per heavy atom. The van der Waals surface area contributed by atoms with E-state index in [4.69, 9.17) is 9.15 Å². The molecule has 2 aromatic heterocycles. The lowest BCUT2D eigenvalue weighted by Crippen LogP contribution is -2.29. The fraction of sp³-hybridized carbons (Fsp3) is 0.316. The van der Waals surface area contributed by atoms with Gasteiger partial charge in [-0.2, -0.15) is 5.10 Å². The van der Waals surface area contributed by atoms with E-state index in [-0.39, 0.29) is 6.10 Å². The maximum Gasteiger partial charge on any atom is 0.157 e. The van der Waals surface area contributed by atoms with Crippen LogP contribution in [0.1, 0.15) is 11.3 Å². The molecule has 2 atom stereocenters. The Morgan fingerprint density at radius 1 is 1.12 bits per heavy atom. The van der Waals surface area contributed by atoms with E-state index < -0.39 is 6.10 Å². The van der Waals surface area contributed by atoms with Crippen LogP contribution < -0.4 is 4.74 Å². The molecule has 1 aromatic carbocycles. The van der Waals surface area contributed by atoms with Crippen LogP contribution in [-0.2, 0) is 13.1 Å². The Kier molecular flexibility index (Phi) is 4.54. The maximum absolute atomic E-state index is 10.3. The van der Waals surface area contributed by atoms with Crippen LogP contribution in [0.5, 0.6) is 5.75 Å². The average molecular weight is 339 g/mol. The first-order valence-corrected chi connectivity index (χ1v) is 8.42. The van der Waals surface area contributed by atoms with E-state index in [0.717, 1.165) is 5.76 Å². The fourth-order valence-electron chi connectivity index (χ4n) is 3.14. The summed E-state index contributed by atoms with van der Waals surface area (Å²) in [5, 5.41) is 14.6. The lowest BCUT2D eigenvalue weighted by Gasteiger charge is -2.15. The summed E-state index contributed by atoms with van der Waals surface area (Å²) >= 11 is 0. The van der Waals surface area contributed by atoms with Crippen LogP contribution in [0.4, 0.5) is 0 Å². The molecule has 0 spiro atoms. The molecule has 0 amide bonds. The molecule has 0 bridgehead atoms. The number of ether oxygens (including phenoxy) is 1. The van der Waals surface area contributed by atoms with Crippen molar-refractivity contribution in [2.45, 2.75) is 25.3 Å². The van der Waals surface area contributed by atoms with Gasteiger partial charge in [0.15, 0.2) is 5.75 Å². The Bertz CT molecular complexity index is 785. The average Bonchev–Trinajstić information content (AvgIpc) is 3.33. The number of aromatic nitrogens is 2. The second-order valence-electron chi connectivity index (χ2n) is 6.36. The van der Waals surface area contributed by atoms with E-state index in [9.17, 15) is 5.11 Å². The van der Waals surface area contributed by atoms with E-state index in [0.29, 0.717) is 31.9 Å². The van der Waals surface area contributed by atoms with Crippen LogP contribution in [-0.4, -0.2) is 45.1 Å². The van der Waals surface area contributed by atoms with Crippen molar-refractivity contribution in [3.05, 3.63) is 72.4 Å². The molecule has 0 aliphatic carbocycles. The summed E-state index contributed by atoms with van der Waals surface area (Å²) in [7, 11) is 0. The van der Waals surface area contributed by atoms with Gasteiger partial charge in [-0.25, -0.2) is 0 Å². The lowest BCUT2D eigenvalue weighted by atomic mass is 10.2. The van der Waals surface area contributed by atoms with Crippen molar-refractivity contribution in [2.24, 2.45) is 0 Å². The molecule has 1 aliphatic heterocycles. The van der Waals surface area contributed by atoms with Gasteiger partial charge in [-0.1, -0.05) is 30.3 Å². The number of nitrogens with zero attached hydrogens (tertiary/aromatic N) is 3. The molecule has 6 heteroatoms. The van der Waals surface area contributed by atoms with E-state index in [2.05, 4.69) is 22.1 Å². The summed E-state index contributed by atoms with van der Waals surface area (Å²) in [6.07, 6.45) is 4.45. The van der Waals surface area contributed by atoms with E-state index >= 15 is 0 Å². The standard InChI is InChI=1S/C19H21N3O3/c23-18-13-21(11-16-7-4-8-24-16)14-19(18)25-17-9-20-22(12-17)10-15-5-2-1-3-6-15/h1-9,12,18-19,23H,10-11,13-14H2/t18-,19-/m1/s1. The van der Waals surface area contributed by atoms with Crippen molar-refractivity contribution >= 4 is 0 Å². The van der Waals surface area contributed by atoms with Crippen LogP contribution >= 0.6 is 0 Å². The number of furan rings is 1. The highest BCUT2D eigenvalue weighted by Crippen LogP contribution is 2.20. The molecule has 0 radical (unpaired) electrons. The number of aliphatic hydroxyl groups excluding tert-OH is 1.